The van der Waals surface area contributed by atoms with Crippen molar-refractivity contribution in [3.63, 3.8) is 0 Å². The largest absolute Gasteiger partial charge is 0.381 e. The lowest BCUT2D eigenvalue weighted by Crippen LogP contribution is -2.31. The monoisotopic (exact) mass is 295 g/mol. The SMILES string of the molecule is CCc1ccc(C(CS(=O)C2CCOCC2)NC)cc1. The van der Waals surface area contributed by atoms with Gasteiger partial charge in [-0.2, -0.15) is 0 Å². The van der Waals surface area contributed by atoms with E-state index in [0.29, 0.717) is 11.0 Å². The Balaban J connectivity index is 1.98. The molecular weight excluding hydrogens is 270 g/mol. The number of hydrogen-bond acceptors (Lipinski definition) is 3. The van der Waals surface area contributed by atoms with Gasteiger partial charge < -0.3 is 10.1 Å². The zero-order chi connectivity index (χ0) is 14.4. The molecule has 1 saturated heterocycles. The first-order chi connectivity index (χ1) is 9.74. The van der Waals surface area contributed by atoms with Crippen LogP contribution >= 0.6 is 0 Å². The summed E-state index contributed by atoms with van der Waals surface area (Å²) in [5.41, 5.74) is 2.57. The standard InChI is InChI=1S/C16H25NO2S/c1-3-13-4-6-14(7-5-13)16(17-2)12-20(18)15-8-10-19-11-9-15/h4-7,15-17H,3,8-12H2,1-2H3. The minimum atomic E-state index is -0.787. The lowest BCUT2D eigenvalue weighted by Gasteiger charge is -2.24. The average molecular weight is 295 g/mol. The van der Waals surface area contributed by atoms with E-state index >= 15 is 0 Å². The molecule has 1 aromatic rings. The highest BCUT2D eigenvalue weighted by atomic mass is 32.2. The third kappa shape index (κ3) is 4.14. The van der Waals surface area contributed by atoms with Gasteiger partial charge in [0, 0.05) is 41.1 Å². The summed E-state index contributed by atoms with van der Waals surface area (Å²) in [6, 6.07) is 8.81. The molecule has 0 saturated carbocycles. The highest BCUT2D eigenvalue weighted by Crippen LogP contribution is 2.20. The molecule has 0 spiro atoms. The van der Waals surface area contributed by atoms with E-state index in [4.69, 9.17) is 4.74 Å². The summed E-state index contributed by atoms with van der Waals surface area (Å²) < 4.78 is 17.8. The van der Waals surface area contributed by atoms with Gasteiger partial charge in [0.1, 0.15) is 0 Å². The summed E-state index contributed by atoms with van der Waals surface area (Å²) in [6.45, 7) is 3.67. The van der Waals surface area contributed by atoms with Gasteiger partial charge in [-0.15, -0.1) is 0 Å². The average Bonchev–Trinajstić information content (AvgIpc) is 2.53. The number of nitrogens with one attached hydrogen (secondary N) is 1. The van der Waals surface area contributed by atoms with Crippen LogP contribution in [0.4, 0.5) is 0 Å². The second kappa shape index (κ2) is 7.91. The van der Waals surface area contributed by atoms with Crippen molar-refractivity contribution < 1.29 is 8.95 Å². The van der Waals surface area contributed by atoms with Crippen LogP contribution in [0.15, 0.2) is 24.3 Å². The predicted molar refractivity (Wildman–Crippen MR) is 84.5 cm³/mol. The van der Waals surface area contributed by atoms with Crippen molar-refractivity contribution >= 4 is 10.8 Å². The van der Waals surface area contributed by atoms with Gasteiger partial charge in [-0.05, 0) is 37.4 Å². The molecule has 0 radical (unpaired) electrons. The van der Waals surface area contributed by atoms with E-state index in [-0.39, 0.29) is 6.04 Å². The first kappa shape index (κ1) is 15.7. The molecule has 0 bridgehead atoms. The lowest BCUT2D eigenvalue weighted by molar-refractivity contribution is 0.0992. The Morgan fingerprint density at radius 2 is 1.95 bits per heavy atom. The smallest absolute Gasteiger partial charge is 0.0477 e. The van der Waals surface area contributed by atoms with E-state index in [2.05, 4.69) is 36.5 Å². The van der Waals surface area contributed by atoms with Gasteiger partial charge in [-0.1, -0.05) is 31.2 Å². The van der Waals surface area contributed by atoms with E-state index in [1.807, 2.05) is 7.05 Å². The number of benzene rings is 1. The summed E-state index contributed by atoms with van der Waals surface area (Å²) in [5, 5.41) is 3.60. The van der Waals surface area contributed by atoms with Crippen LogP contribution in [0, 0.1) is 0 Å². The fourth-order valence-electron chi connectivity index (χ4n) is 2.57. The summed E-state index contributed by atoms with van der Waals surface area (Å²) in [4.78, 5) is 0. The maximum absolute atomic E-state index is 12.5. The van der Waals surface area contributed by atoms with Gasteiger partial charge >= 0.3 is 0 Å². The van der Waals surface area contributed by atoms with Gasteiger partial charge in [0.25, 0.3) is 0 Å². The van der Waals surface area contributed by atoms with Crippen LogP contribution in [-0.4, -0.2) is 35.5 Å². The molecule has 2 atom stereocenters. The van der Waals surface area contributed by atoms with Gasteiger partial charge in [0.05, 0.1) is 0 Å². The zero-order valence-electron chi connectivity index (χ0n) is 12.4. The number of aryl methyl sites for hydroxylation is 1. The minimum Gasteiger partial charge on any atom is -0.381 e. The molecule has 2 unspecified atom stereocenters. The number of rotatable bonds is 6. The number of hydrogen-bond donors (Lipinski definition) is 1. The van der Waals surface area contributed by atoms with Crippen molar-refractivity contribution in [2.45, 2.75) is 37.5 Å². The van der Waals surface area contributed by atoms with Crippen LogP contribution in [0.3, 0.4) is 0 Å². The molecule has 2 rings (SSSR count). The van der Waals surface area contributed by atoms with Crippen molar-refractivity contribution in [3.8, 4) is 0 Å². The van der Waals surface area contributed by atoms with Crippen LogP contribution in [0.25, 0.3) is 0 Å². The molecule has 1 aliphatic rings. The normalized spacial score (nSPS) is 19.7. The van der Waals surface area contributed by atoms with E-state index in [0.717, 1.165) is 32.5 Å². The van der Waals surface area contributed by atoms with Crippen molar-refractivity contribution in [2.24, 2.45) is 0 Å². The minimum absolute atomic E-state index is 0.171. The van der Waals surface area contributed by atoms with Crippen LogP contribution in [0.1, 0.15) is 36.9 Å². The van der Waals surface area contributed by atoms with E-state index in [9.17, 15) is 4.21 Å². The first-order valence-electron chi connectivity index (χ1n) is 7.45. The van der Waals surface area contributed by atoms with Crippen molar-refractivity contribution in [3.05, 3.63) is 35.4 Å². The maximum atomic E-state index is 12.5. The molecule has 0 amide bonds. The fraction of sp³-hybridized carbons (Fsp3) is 0.625. The summed E-state index contributed by atoms with van der Waals surface area (Å²) in [6.07, 6.45) is 2.91. The van der Waals surface area contributed by atoms with Crippen LogP contribution in [-0.2, 0) is 22.0 Å². The molecular formula is C16H25NO2S. The molecule has 3 nitrogen and oxygen atoms in total. The molecule has 0 aromatic heterocycles. The topological polar surface area (TPSA) is 38.3 Å². The predicted octanol–water partition coefficient (Wildman–Crippen LogP) is 2.44. The Morgan fingerprint density at radius 1 is 1.30 bits per heavy atom. The second-order valence-corrected chi connectivity index (χ2v) is 7.06. The molecule has 1 aromatic carbocycles. The Hall–Kier alpha value is -0.710. The molecule has 0 aliphatic carbocycles. The zero-order valence-corrected chi connectivity index (χ0v) is 13.2. The lowest BCUT2D eigenvalue weighted by atomic mass is 10.1. The van der Waals surface area contributed by atoms with Gasteiger partial charge in [-0.3, -0.25) is 4.21 Å². The highest BCUT2D eigenvalue weighted by molar-refractivity contribution is 7.85. The third-order valence-electron chi connectivity index (χ3n) is 4.01. The van der Waals surface area contributed by atoms with Crippen LogP contribution in [0.5, 0.6) is 0 Å². The fourth-order valence-corrected chi connectivity index (χ4v) is 4.25. The van der Waals surface area contributed by atoms with E-state index in [1.54, 1.807) is 0 Å². The Kier molecular flexibility index (Phi) is 6.20. The molecule has 1 aliphatic heterocycles. The quantitative estimate of drug-likeness (QED) is 0.876. The number of ether oxygens (including phenoxy) is 1. The molecule has 1 heterocycles. The third-order valence-corrected chi connectivity index (χ3v) is 5.89. The summed E-state index contributed by atoms with van der Waals surface area (Å²) in [7, 11) is 1.16. The molecule has 1 N–H and O–H groups in total. The Morgan fingerprint density at radius 3 is 2.50 bits per heavy atom. The van der Waals surface area contributed by atoms with Gasteiger partial charge in [0.15, 0.2) is 0 Å². The second-order valence-electron chi connectivity index (χ2n) is 5.30. The molecule has 112 valence electrons. The van der Waals surface area contributed by atoms with Gasteiger partial charge in [-0.25, -0.2) is 0 Å². The van der Waals surface area contributed by atoms with E-state index < -0.39 is 10.8 Å². The molecule has 1 fully saturated rings. The van der Waals surface area contributed by atoms with Gasteiger partial charge in [0.2, 0.25) is 0 Å². The van der Waals surface area contributed by atoms with Crippen molar-refractivity contribution in [1.29, 1.82) is 0 Å². The van der Waals surface area contributed by atoms with Crippen molar-refractivity contribution in [2.75, 3.05) is 26.0 Å². The Labute approximate surface area is 124 Å². The molecule has 4 heteroatoms. The summed E-state index contributed by atoms with van der Waals surface area (Å²) >= 11 is 0. The highest BCUT2D eigenvalue weighted by Gasteiger charge is 2.23. The van der Waals surface area contributed by atoms with E-state index in [1.165, 1.54) is 11.1 Å². The van der Waals surface area contributed by atoms with Crippen LogP contribution in [0.2, 0.25) is 0 Å². The maximum Gasteiger partial charge on any atom is 0.0477 e. The molecule has 20 heavy (non-hydrogen) atoms. The Bertz CT molecular complexity index is 427. The summed E-state index contributed by atoms with van der Waals surface area (Å²) in [5.74, 6) is 0.687. The van der Waals surface area contributed by atoms with Crippen LogP contribution < -0.4 is 5.32 Å². The van der Waals surface area contributed by atoms with Crippen molar-refractivity contribution in [1.82, 2.24) is 5.32 Å². The first-order valence-corrected chi connectivity index (χ1v) is 8.83.